The molecule has 100 valence electrons. The average molecular weight is 252 g/mol. The van der Waals surface area contributed by atoms with Crippen LogP contribution in [-0.2, 0) is 17.9 Å². The Hall–Kier alpha value is -1.43. The third-order valence-corrected chi connectivity index (χ3v) is 3.43. The van der Waals surface area contributed by atoms with Crippen molar-refractivity contribution < 1.29 is 9.90 Å². The summed E-state index contributed by atoms with van der Waals surface area (Å²) in [5.41, 5.74) is 0. The van der Waals surface area contributed by atoms with Crippen LogP contribution in [0.3, 0.4) is 0 Å². The number of hydrogen-bond donors (Lipinski definition) is 1. The fourth-order valence-electron chi connectivity index (χ4n) is 2.35. The minimum atomic E-state index is -0.663. The molecule has 1 aliphatic rings. The van der Waals surface area contributed by atoms with Crippen LogP contribution in [0.4, 0.5) is 0 Å². The Kier molecular flexibility index (Phi) is 4.30. The van der Waals surface area contributed by atoms with E-state index in [4.69, 9.17) is 5.11 Å². The van der Waals surface area contributed by atoms with Gasteiger partial charge in [0.1, 0.15) is 12.2 Å². The summed E-state index contributed by atoms with van der Waals surface area (Å²) >= 11 is 0. The summed E-state index contributed by atoms with van der Waals surface area (Å²) < 4.78 is 1.93. The summed E-state index contributed by atoms with van der Waals surface area (Å²) in [5, 5.41) is 13.1. The molecule has 0 spiro atoms. The molecule has 0 aliphatic carbocycles. The minimum Gasteiger partial charge on any atom is -0.481 e. The smallest absolute Gasteiger partial charge is 0.306 e. The highest BCUT2D eigenvalue weighted by Crippen LogP contribution is 2.18. The highest BCUT2D eigenvalue weighted by Gasteiger charge is 2.25. The second-order valence-electron chi connectivity index (χ2n) is 4.79. The topological polar surface area (TPSA) is 71.2 Å². The molecule has 1 aromatic rings. The maximum absolute atomic E-state index is 10.9. The van der Waals surface area contributed by atoms with Gasteiger partial charge in [-0.1, -0.05) is 6.92 Å². The number of carbonyl (C=O) groups is 1. The van der Waals surface area contributed by atoms with Crippen LogP contribution >= 0.6 is 0 Å². The van der Waals surface area contributed by atoms with Gasteiger partial charge in [0.15, 0.2) is 0 Å². The van der Waals surface area contributed by atoms with Gasteiger partial charge in [0.25, 0.3) is 0 Å². The first kappa shape index (κ1) is 13.0. The normalized spacial score (nSPS) is 18.1. The van der Waals surface area contributed by atoms with Gasteiger partial charge >= 0.3 is 5.97 Å². The Labute approximate surface area is 107 Å². The maximum atomic E-state index is 10.9. The van der Waals surface area contributed by atoms with Crippen LogP contribution in [0.2, 0.25) is 0 Å². The lowest BCUT2D eigenvalue weighted by Gasteiger charge is -2.29. The van der Waals surface area contributed by atoms with Crippen LogP contribution < -0.4 is 0 Å². The molecule has 0 aromatic carbocycles. The van der Waals surface area contributed by atoms with Crippen molar-refractivity contribution in [2.75, 3.05) is 13.1 Å². The van der Waals surface area contributed by atoms with Gasteiger partial charge in [-0.15, -0.1) is 0 Å². The van der Waals surface area contributed by atoms with E-state index in [0.717, 1.165) is 51.3 Å². The number of carboxylic acid groups (broad SMARTS) is 1. The predicted molar refractivity (Wildman–Crippen MR) is 65.9 cm³/mol. The molecule has 0 saturated carbocycles. The van der Waals surface area contributed by atoms with Crippen molar-refractivity contribution in [3.63, 3.8) is 0 Å². The molecular formula is C12H20N4O2. The quantitative estimate of drug-likeness (QED) is 0.846. The third kappa shape index (κ3) is 3.07. The monoisotopic (exact) mass is 252 g/mol. The lowest BCUT2D eigenvalue weighted by atomic mass is 9.97. The van der Waals surface area contributed by atoms with Crippen LogP contribution in [0, 0.1) is 5.92 Å². The molecule has 0 atom stereocenters. The second-order valence-corrected chi connectivity index (χ2v) is 4.79. The minimum absolute atomic E-state index is 0.172. The molecule has 1 aromatic heterocycles. The standard InChI is InChI=1S/C12H20N4O2/c1-2-5-16-11(13-9-14-16)8-15-6-3-10(4-7-15)12(17)18/h9-10H,2-8H2,1H3,(H,17,18). The van der Waals surface area contributed by atoms with Crippen molar-refractivity contribution in [3.8, 4) is 0 Å². The van der Waals surface area contributed by atoms with Crippen molar-refractivity contribution in [1.82, 2.24) is 19.7 Å². The molecule has 2 rings (SSSR count). The molecule has 6 nitrogen and oxygen atoms in total. The molecule has 0 unspecified atom stereocenters. The van der Waals surface area contributed by atoms with Crippen LogP contribution in [0.25, 0.3) is 0 Å². The van der Waals surface area contributed by atoms with E-state index in [2.05, 4.69) is 21.9 Å². The number of aromatic nitrogens is 3. The Morgan fingerprint density at radius 3 is 2.83 bits per heavy atom. The Bertz CT molecular complexity index is 397. The van der Waals surface area contributed by atoms with Crippen molar-refractivity contribution in [3.05, 3.63) is 12.2 Å². The number of aryl methyl sites for hydroxylation is 1. The van der Waals surface area contributed by atoms with Gasteiger partial charge in [0.05, 0.1) is 12.5 Å². The van der Waals surface area contributed by atoms with Gasteiger partial charge < -0.3 is 5.11 Å². The van der Waals surface area contributed by atoms with Crippen LogP contribution in [0.5, 0.6) is 0 Å². The van der Waals surface area contributed by atoms with E-state index in [1.54, 1.807) is 6.33 Å². The van der Waals surface area contributed by atoms with Crippen molar-refractivity contribution in [2.45, 2.75) is 39.3 Å². The fraction of sp³-hybridized carbons (Fsp3) is 0.750. The summed E-state index contributed by atoms with van der Waals surface area (Å²) in [6.45, 7) is 5.43. The van der Waals surface area contributed by atoms with Crippen molar-refractivity contribution in [1.29, 1.82) is 0 Å². The Morgan fingerprint density at radius 1 is 1.50 bits per heavy atom. The molecule has 2 heterocycles. The Balaban J connectivity index is 1.87. The molecule has 1 aliphatic heterocycles. The summed E-state index contributed by atoms with van der Waals surface area (Å²) in [4.78, 5) is 17.4. The van der Waals surface area contributed by atoms with E-state index in [-0.39, 0.29) is 5.92 Å². The zero-order valence-corrected chi connectivity index (χ0v) is 10.7. The van der Waals surface area contributed by atoms with Crippen molar-refractivity contribution in [2.24, 2.45) is 5.92 Å². The molecule has 6 heteroatoms. The van der Waals surface area contributed by atoms with Gasteiger partial charge in [0.2, 0.25) is 0 Å². The number of carboxylic acids is 1. The zero-order valence-electron chi connectivity index (χ0n) is 10.7. The first-order chi connectivity index (χ1) is 8.70. The lowest BCUT2D eigenvalue weighted by Crippen LogP contribution is -2.36. The summed E-state index contributed by atoms with van der Waals surface area (Å²) in [7, 11) is 0. The number of aliphatic carboxylic acids is 1. The lowest BCUT2D eigenvalue weighted by molar-refractivity contribution is -0.143. The number of nitrogens with zero attached hydrogens (tertiary/aromatic N) is 4. The summed E-state index contributed by atoms with van der Waals surface area (Å²) in [5.74, 6) is 0.143. The molecule has 0 amide bonds. The number of likely N-dealkylation sites (tertiary alicyclic amines) is 1. The predicted octanol–water partition coefficient (Wildman–Crippen LogP) is 0.985. The molecule has 1 fully saturated rings. The van der Waals surface area contributed by atoms with Gasteiger partial charge in [-0.25, -0.2) is 9.67 Å². The third-order valence-electron chi connectivity index (χ3n) is 3.43. The van der Waals surface area contributed by atoms with Gasteiger partial charge in [-0.2, -0.15) is 5.10 Å². The van der Waals surface area contributed by atoms with E-state index in [9.17, 15) is 4.79 Å². The zero-order chi connectivity index (χ0) is 13.0. The molecule has 0 bridgehead atoms. The average Bonchev–Trinajstić information content (AvgIpc) is 2.78. The van der Waals surface area contributed by atoms with Gasteiger partial charge in [-0.3, -0.25) is 9.69 Å². The van der Waals surface area contributed by atoms with E-state index >= 15 is 0 Å². The van der Waals surface area contributed by atoms with E-state index < -0.39 is 5.97 Å². The molecule has 1 N–H and O–H groups in total. The van der Waals surface area contributed by atoms with Gasteiger partial charge in [-0.05, 0) is 32.4 Å². The summed E-state index contributed by atoms with van der Waals surface area (Å²) in [6.07, 6.45) is 4.10. The highest BCUT2D eigenvalue weighted by atomic mass is 16.4. The van der Waals surface area contributed by atoms with E-state index in [1.165, 1.54) is 0 Å². The first-order valence-corrected chi connectivity index (χ1v) is 6.52. The highest BCUT2D eigenvalue weighted by molar-refractivity contribution is 5.70. The number of piperidine rings is 1. The van der Waals surface area contributed by atoms with Crippen molar-refractivity contribution >= 4 is 5.97 Å². The maximum Gasteiger partial charge on any atom is 0.306 e. The Morgan fingerprint density at radius 2 is 2.22 bits per heavy atom. The number of rotatable bonds is 5. The molecular weight excluding hydrogens is 232 g/mol. The van der Waals surface area contributed by atoms with Gasteiger partial charge in [0, 0.05) is 6.54 Å². The fourth-order valence-corrected chi connectivity index (χ4v) is 2.35. The van der Waals surface area contributed by atoms with E-state index in [0.29, 0.717) is 0 Å². The van der Waals surface area contributed by atoms with Crippen LogP contribution in [-0.4, -0.2) is 43.8 Å². The SMILES string of the molecule is CCCn1ncnc1CN1CCC(C(=O)O)CC1. The van der Waals surface area contributed by atoms with E-state index in [1.807, 2.05) is 4.68 Å². The van der Waals surface area contributed by atoms with Crippen LogP contribution in [0.15, 0.2) is 6.33 Å². The number of hydrogen-bond acceptors (Lipinski definition) is 4. The first-order valence-electron chi connectivity index (χ1n) is 6.52. The van der Waals surface area contributed by atoms with Crippen LogP contribution in [0.1, 0.15) is 32.0 Å². The second kappa shape index (κ2) is 5.95. The molecule has 18 heavy (non-hydrogen) atoms. The molecule has 1 saturated heterocycles. The molecule has 0 radical (unpaired) electrons. The summed E-state index contributed by atoms with van der Waals surface area (Å²) in [6, 6.07) is 0. The largest absolute Gasteiger partial charge is 0.481 e.